The summed E-state index contributed by atoms with van der Waals surface area (Å²) in [6.07, 6.45) is 0. The summed E-state index contributed by atoms with van der Waals surface area (Å²) >= 11 is 6.95. The Morgan fingerprint density at radius 3 is 2.80 bits per heavy atom. The topological polar surface area (TPSA) is 36.4 Å². The second kappa shape index (κ2) is 7.81. The number of nitrogens with one attached hydrogen (secondary N) is 2. The lowest BCUT2D eigenvalue weighted by molar-refractivity contribution is 0.702. The van der Waals surface area contributed by atoms with Gasteiger partial charge >= 0.3 is 0 Å². The number of guanidine groups is 1. The molecule has 0 fully saturated rings. The summed E-state index contributed by atoms with van der Waals surface area (Å²) in [6.45, 7) is 3.89. The van der Waals surface area contributed by atoms with Crippen molar-refractivity contribution < 1.29 is 0 Å². The normalized spacial score (nSPS) is 13.2. The van der Waals surface area contributed by atoms with Gasteiger partial charge in [-0.2, -0.15) is 11.3 Å². The minimum atomic E-state index is 0.482. The van der Waals surface area contributed by atoms with Gasteiger partial charge in [-0.15, -0.1) is 11.3 Å². The molecule has 1 unspecified atom stereocenters. The average molecular weight is 372 g/mol. The fourth-order valence-corrected chi connectivity index (χ4v) is 3.97. The van der Waals surface area contributed by atoms with E-state index in [1.807, 2.05) is 0 Å². The first-order chi connectivity index (χ1) is 9.69. The molecular formula is C14H18BrN3S2. The van der Waals surface area contributed by atoms with E-state index < -0.39 is 0 Å². The van der Waals surface area contributed by atoms with Crippen molar-refractivity contribution >= 4 is 44.6 Å². The molecule has 0 bridgehead atoms. The van der Waals surface area contributed by atoms with Crippen LogP contribution in [0.5, 0.6) is 0 Å². The minimum absolute atomic E-state index is 0.482. The van der Waals surface area contributed by atoms with Crippen LogP contribution in [0.3, 0.4) is 0 Å². The van der Waals surface area contributed by atoms with Crippen molar-refractivity contribution in [2.24, 2.45) is 4.99 Å². The highest BCUT2D eigenvalue weighted by Gasteiger charge is 2.07. The number of halogens is 1. The van der Waals surface area contributed by atoms with E-state index in [4.69, 9.17) is 0 Å². The molecule has 0 aliphatic carbocycles. The van der Waals surface area contributed by atoms with Gasteiger partial charge in [0.05, 0.1) is 10.3 Å². The first-order valence-electron chi connectivity index (χ1n) is 6.40. The monoisotopic (exact) mass is 371 g/mol. The third-order valence-electron chi connectivity index (χ3n) is 2.97. The van der Waals surface area contributed by atoms with Crippen LogP contribution in [0.15, 0.2) is 37.7 Å². The van der Waals surface area contributed by atoms with Gasteiger partial charge < -0.3 is 10.6 Å². The van der Waals surface area contributed by atoms with E-state index >= 15 is 0 Å². The highest BCUT2D eigenvalue weighted by molar-refractivity contribution is 9.11. The second-order valence-electron chi connectivity index (χ2n) is 4.47. The Balaban J connectivity index is 1.78. The Labute approximate surface area is 136 Å². The SMILES string of the molecule is CN=C(NCc1ccc(Br)s1)NCC(C)c1ccsc1. The zero-order valence-corrected chi connectivity index (χ0v) is 14.7. The summed E-state index contributed by atoms with van der Waals surface area (Å²) in [7, 11) is 1.80. The Morgan fingerprint density at radius 1 is 1.35 bits per heavy atom. The van der Waals surface area contributed by atoms with Gasteiger partial charge in [0, 0.05) is 18.5 Å². The van der Waals surface area contributed by atoms with Crippen LogP contribution in [-0.2, 0) is 6.54 Å². The Morgan fingerprint density at radius 2 is 2.20 bits per heavy atom. The van der Waals surface area contributed by atoms with Gasteiger partial charge in [-0.05, 0) is 56.4 Å². The fourth-order valence-electron chi connectivity index (χ4n) is 1.76. The van der Waals surface area contributed by atoms with Crippen molar-refractivity contribution in [1.29, 1.82) is 0 Å². The first-order valence-corrected chi connectivity index (χ1v) is 8.95. The molecule has 1 atom stereocenters. The predicted molar refractivity (Wildman–Crippen MR) is 93.0 cm³/mol. The van der Waals surface area contributed by atoms with Crippen LogP contribution in [-0.4, -0.2) is 19.6 Å². The number of hydrogen-bond donors (Lipinski definition) is 2. The number of aliphatic imine (C=N–C) groups is 1. The Kier molecular flexibility index (Phi) is 6.06. The molecule has 0 saturated heterocycles. The van der Waals surface area contributed by atoms with Crippen LogP contribution < -0.4 is 10.6 Å². The summed E-state index contributed by atoms with van der Waals surface area (Å²) < 4.78 is 1.16. The molecule has 108 valence electrons. The number of hydrogen-bond acceptors (Lipinski definition) is 3. The second-order valence-corrected chi connectivity index (χ2v) is 7.80. The molecule has 0 spiro atoms. The van der Waals surface area contributed by atoms with Gasteiger partial charge in [-0.1, -0.05) is 6.92 Å². The van der Waals surface area contributed by atoms with Gasteiger partial charge in [0.15, 0.2) is 5.96 Å². The van der Waals surface area contributed by atoms with Crippen molar-refractivity contribution in [1.82, 2.24) is 10.6 Å². The highest BCUT2D eigenvalue weighted by Crippen LogP contribution is 2.21. The lowest BCUT2D eigenvalue weighted by atomic mass is 10.1. The zero-order valence-electron chi connectivity index (χ0n) is 11.5. The van der Waals surface area contributed by atoms with Gasteiger partial charge in [0.2, 0.25) is 0 Å². The molecule has 0 radical (unpaired) electrons. The Hall–Kier alpha value is -0.850. The molecular weight excluding hydrogens is 354 g/mol. The molecule has 0 aliphatic rings. The van der Waals surface area contributed by atoms with Crippen molar-refractivity contribution in [3.8, 4) is 0 Å². The van der Waals surface area contributed by atoms with Crippen LogP contribution in [0.2, 0.25) is 0 Å². The summed E-state index contributed by atoms with van der Waals surface area (Å²) in [5.41, 5.74) is 1.38. The van der Waals surface area contributed by atoms with E-state index in [1.165, 1.54) is 10.4 Å². The maximum atomic E-state index is 4.25. The molecule has 0 aromatic carbocycles. The summed E-state index contributed by atoms with van der Waals surface area (Å²) in [5.74, 6) is 1.33. The van der Waals surface area contributed by atoms with Gasteiger partial charge in [-0.3, -0.25) is 4.99 Å². The van der Waals surface area contributed by atoms with Crippen LogP contribution in [0.1, 0.15) is 23.3 Å². The molecule has 2 aromatic rings. The van der Waals surface area contributed by atoms with Crippen LogP contribution in [0, 0.1) is 0 Å². The van der Waals surface area contributed by atoms with Crippen LogP contribution in [0.4, 0.5) is 0 Å². The summed E-state index contributed by atoms with van der Waals surface area (Å²) in [5, 5.41) is 11.0. The highest BCUT2D eigenvalue weighted by atomic mass is 79.9. The summed E-state index contributed by atoms with van der Waals surface area (Å²) in [4.78, 5) is 5.54. The quantitative estimate of drug-likeness (QED) is 0.614. The molecule has 6 heteroatoms. The Bertz CT molecular complexity index is 549. The number of thiophene rings is 2. The first kappa shape index (κ1) is 15.5. The number of rotatable bonds is 5. The average Bonchev–Trinajstić information content (AvgIpc) is 3.10. The van der Waals surface area contributed by atoms with Crippen LogP contribution >= 0.6 is 38.6 Å². The van der Waals surface area contributed by atoms with Crippen molar-refractivity contribution in [3.63, 3.8) is 0 Å². The largest absolute Gasteiger partial charge is 0.356 e. The summed E-state index contributed by atoms with van der Waals surface area (Å²) in [6, 6.07) is 6.36. The lowest BCUT2D eigenvalue weighted by Crippen LogP contribution is -2.38. The molecule has 0 amide bonds. The fraction of sp³-hybridized carbons (Fsp3) is 0.357. The maximum Gasteiger partial charge on any atom is 0.191 e. The maximum absolute atomic E-state index is 4.25. The molecule has 0 aliphatic heterocycles. The lowest BCUT2D eigenvalue weighted by Gasteiger charge is -2.15. The molecule has 0 saturated carbocycles. The third kappa shape index (κ3) is 4.61. The van der Waals surface area contributed by atoms with Gasteiger partial charge in [-0.25, -0.2) is 0 Å². The molecule has 20 heavy (non-hydrogen) atoms. The molecule has 2 N–H and O–H groups in total. The van der Waals surface area contributed by atoms with E-state index in [9.17, 15) is 0 Å². The third-order valence-corrected chi connectivity index (χ3v) is 5.30. The molecule has 2 rings (SSSR count). The van der Waals surface area contributed by atoms with Crippen molar-refractivity contribution in [3.05, 3.63) is 43.2 Å². The molecule has 2 heterocycles. The minimum Gasteiger partial charge on any atom is -0.356 e. The van der Waals surface area contributed by atoms with E-state index in [2.05, 4.69) is 67.4 Å². The molecule has 2 aromatic heterocycles. The van der Waals surface area contributed by atoms with E-state index in [0.29, 0.717) is 5.92 Å². The van der Waals surface area contributed by atoms with E-state index in [1.54, 1.807) is 29.7 Å². The zero-order chi connectivity index (χ0) is 14.4. The van der Waals surface area contributed by atoms with E-state index in [-0.39, 0.29) is 0 Å². The standard InChI is InChI=1S/C14H18BrN3S2/c1-10(11-5-6-19-9-11)7-17-14(16-2)18-8-12-3-4-13(15)20-12/h3-6,9-10H,7-8H2,1-2H3,(H2,16,17,18). The van der Waals surface area contributed by atoms with Crippen molar-refractivity contribution in [2.75, 3.05) is 13.6 Å². The number of nitrogens with zero attached hydrogens (tertiary/aromatic N) is 1. The van der Waals surface area contributed by atoms with Gasteiger partial charge in [0.1, 0.15) is 0 Å². The van der Waals surface area contributed by atoms with Crippen LogP contribution in [0.25, 0.3) is 0 Å². The van der Waals surface area contributed by atoms with Gasteiger partial charge in [0.25, 0.3) is 0 Å². The molecule has 3 nitrogen and oxygen atoms in total. The van der Waals surface area contributed by atoms with Crippen molar-refractivity contribution in [2.45, 2.75) is 19.4 Å². The predicted octanol–water partition coefficient (Wildman–Crippen LogP) is 4.04. The van der Waals surface area contributed by atoms with E-state index in [0.717, 1.165) is 22.8 Å². The smallest absolute Gasteiger partial charge is 0.191 e.